The molecule has 6 heteroatoms. The van der Waals surface area contributed by atoms with Gasteiger partial charge in [0.15, 0.2) is 5.13 Å². The van der Waals surface area contributed by atoms with Crippen LogP contribution in [0.1, 0.15) is 10.4 Å². The summed E-state index contributed by atoms with van der Waals surface area (Å²) in [5.74, 6) is 0. The van der Waals surface area contributed by atoms with Crippen LogP contribution in [0, 0.1) is 0 Å². The van der Waals surface area contributed by atoms with Gasteiger partial charge in [-0.05, 0) is 30.0 Å². The Kier molecular flexibility index (Phi) is 5.39. The van der Waals surface area contributed by atoms with Gasteiger partial charge in [0.2, 0.25) is 0 Å². The molecule has 0 bridgehead atoms. The molecule has 1 saturated heterocycles. The molecule has 0 spiro atoms. The number of thiazole rings is 1. The fraction of sp³-hybridized carbons (Fsp3) is 0.294. The zero-order valence-corrected chi connectivity index (χ0v) is 13.7. The van der Waals surface area contributed by atoms with E-state index >= 15 is 0 Å². The number of nitrogens with zero attached hydrogens (tertiary/aromatic N) is 3. The quantitative estimate of drug-likeness (QED) is 0.857. The van der Waals surface area contributed by atoms with E-state index in [0.29, 0.717) is 0 Å². The van der Waals surface area contributed by atoms with Gasteiger partial charge in [0.25, 0.3) is 0 Å². The van der Waals surface area contributed by atoms with E-state index in [4.69, 9.17) is 10.5 Å². The maximum absolute atomic E-state index is 5.38. The lowest BCUT2D eigenvalue weighted by Gasteiger charge is -2.25. The number of aliphatic imine (C=N–C) groups is 1. The Hall–Kier alpha value is -2.18. The van der Waals surface area contributed by atoms with Gasteiger partial charge >= 0.3 is 0 Å². The molecule has 0 unspecified atom stereocenters. The number of rotatable bonds is 5. The Bertz CT molecular complexity index is 672. The van der Waals surface area contributed by atoms with E-state index < -0.39 is 0 Å². The lowest BCUT2D eigenvalue weighted by molar-refractivity contribution is 0.122. The summed E-state index contributed by atoms with van der Waals surface area (Å²) >= 11 is 1.76. The smallest absolute Gasteiger partial charge is 0.185 e. The van der Waals surface area contributed by atoms with Gasteiger partial charge in [-0.15, -0.1) is 11.3 Å². The third-order valence-corrected chi connectivity index (χ3v) is 4.62. The molecular weight excluding hydrogens is 308 g/mol. The zero-order valence-electron chi connectivity index (χ0n) is 12.9. The SMILES string of the molecule is NC=CC=Nc1ccc(Cc2cnc(N3CCOCC3)s2)cc1. The minimum atomic E-state index is 0.788. The van der Waals surface area contributed by atoms with Gasteiger partial charge in [0.05, 0.1) is 18.9 Å². The molecule has 2 N–H and O–H groups in total. The highest BCUT2D eigenvalue weighted by Gasteiger charge is 2.14. The van der Waals surface area contributed by atoms with Crippen LogP contribution in [0.15, 0.2) is 47.7 Å². The first kappa shape index (κ1) is 15.7. The van der Waals surface area contributed by atoms with Crippen molar-refractivity contribution in [1.29, 1.82) is 0 Å². The van der Waals surface area contributed by atoms with Crippen molar-refractivity contribution in [3.8, 4) is 0 Å². The molecule has 120 valence electrons. The predicted molar refractivity (Wildman–Crippen MR) is 95.9 cm³/mol. The first-order chi connectivity index (χ1) is 11.3. The van der Waals surface area contributed by atoms with Crippen molar-refractivity contribution in [2.75, 3.05) is 31.2 Å². The largest absolute Gasteiger partial charge is 0.405 e. The number of hydrogen-bond acceptors (Lipinski definition) is 6. The molecule has 3 rings (SSSR count). The van der Waals surface area contributed by atoms with Crippen LogP contribution < -0.4 is 10.6 Å². The van der Waals surface area contributed by atoms with E-state index in [9.17, 15) is 0 Å². The maximum atomic E-state index is 5.38. The second-order valence-electron chi connectivity index (χ2n) is 5.21. The molecule has 0 amide bonds. The minimum absolute atomic E-state index is 0.788. The average Bonchev–Trinajstić information content (AvgIpc) is 3.06. The number of benzene rings is 1. The number of hydrogen-bond donors (Lipinski definition) is 1. The van der Waals surface area contributed by atoms with Gasteiger partial charge in [-0.1, -0.05) is 12.1 Å². The number of ether oxygens (including phenoxy) is 1. The first-order valence-electron chi connectivity index (χ1n) is 7.62. The van der Waals surface area contributed by atoms with Crippen molar-refractivity contribution >= 4 is 28.4 Å². The normalized spacial score (nSPS) is 15.7. The summed E-state index contributed by atoms with van der Waals surface area (Å²) in [6.07, 6.45) is 7.74. The van der Waals surface area contributed by atoms with E-state index in [1.54, 1.807) is 23.6 Å². The number of nitrogens with two attached hydrogens (primary N) is 1. The summed E-state index contributed by atoms with van der Waals surface area (Å²) in [5.41, 5.74) is 7.45. The second-order valence-corrected chi connectivity index (χ2v) is 6.31. The van der Waals surface area contributed by atoms with Crippen LogP contribution >= 0.6 is 11.3 Å². The van der Waals surface area contributed by atoms with Crippen molar-refractivity contribution in [2.24, 2.45) is 10.7 Å². The van der Waals surface area contributed by atoms with E-state index in [-0.39, 0.29) is 0 Å². The first-order valence-corrected chi connectivity index (χ1v) is 8.44. The van der Waals surface area contributed by atoms with Crippen molar-refractivity contribution in [3.05, 3.63) is 53.2 Å². The molecule has 0 aliphatic carbocycles. The van der Waals surface area contributed by atoms with Gasteiger partial charge in [-0.2, -0.15) is 0 Å². The van der Waals surface area contributed by atoms with Crippen molar-refractivity contribution in [3.63, 3.8) is 0 Å². The van der Waals surface area contributed by atoms with Gasteiger partial charge in [-0.25, -0.2) is 4.98 Å². The van der Waals surface area contributed by atoms with Crippen molar-refractivity contribution < 1.29 is 4.74 Å². The third-order valence-electron chi connectivity index (χ3n) is 3.56. The summed E-state index contributed by atoms with van der Waals surface area (Å²) in [6, 6.07) is 8.24. The Balaban J connectivity index is 1.62. The molecule has 1 fully saturated rings. The van der Waals surface area contributed by atoms with Crippen molar-refractivity contribution in [2.45, 2.75) is 6.42 Å². The lowest BCUT2D eigenvalue weighted by Crippen LogP contribution is -2.36. The average molecular weight is 328 g/mol. The Labute approximate surface area is 140 Å². The third kappa shape index (κ3) is 4.40. The molecule has 0 radical (unpaired) electrons. The van der Waals surface area contributed by atoms with E-state index in [1.807, 2.05) is 18.3 Å². The predicted octanol–water partition coefficient (Wildman–Crippen LogP) is 2.75. The van der Waals surface area contributed by atoms with E-state index in [0.717, 1.165) is 43.5 Å². The van der Waals surface area contributed by atoms with Crippen molar-refractivity contribution in [1.82, 2.24) is 4.98 Å². The van der Waals surface area contributed by atoms with E-state index in [1.165, 1.54) is 16.6 Å². The van der Waals surface area contributed by atoms with Crippen LogP contribution in [0.3, 0.4) is 0 Å². The van der Waals surface area contributed by atoms with E-state index in [2.05, 4.69) is 27.0 Å². The summed E-state index contributed by atoms with van der Waals surface area (Å²) in [5, 5.41) is 1.10. The molecule has 2 aromatic rings. The summed E-state index contributed by atoms with van der Waals surface area (Å²) in [7, 11) is 0. The molecule has 0 atom stereocenters. The summed E-state index contributed by atoms with van der Waals surface area (Å²) in [6.45, 7) is 3.43. The molecule has 1 aromatic carbocycles. The molecule has 2 heterocycles. The van der Waals surface area contributed by atoms with Crippen LogP contribution in [0.25, 0.3) is 0 Å². The van der Waals surface area contributed by atoms with Crippen LogP contribution in [-0.4, -0.2) is 37.5 Å². The fourth-order valence-electron chi connectivity index (χ4n) is 2.36. The molecule has 0 saturated carbocycles. The topological polar surface area (TPSA) is 63.7 Å². The number of morpholine rings is 1. The molecule has 1 aliphatic heterocycles. The molecule has 1 aliphatic rings. The highest BCUT2D eigenvalue weighted by atomic mass is 32.1. The Morgan fingerprint density at radius 1 is 1.26 bits per heavy atom. The van der Waals surface area contributed by atoms with Gasteiger partial charge in [0, 0.05) is 36.8 Å². The lowest BCUT2D eigenvalue weighted by atomic mass is 10.1. The second kappa shape index (κ2) is 7.89. The highest BCUT2D eigenvalue weighted by molar-refractivity contribution is 7.15. The Morgan fingerprint density at radius 2 is 2.04 bits per heavy atom. The van der Waals surface area contributed by atoms with Gasteiger partial charge in [-0.3, -0.25) is 4.99 Å². The van der Waals surface area contributed by atoms with Crippen LogP contribution in [-0.2, 0) is 11.2 Å². The molecule has 1 aromatic heterocycles. The molecular formula is C17H20N4OS. The van der Waals surface area contributed by atoms with Gasteiger partial charge in [0.1, 0.15) is 0 Å². The summed E-state index contributed by atoms with van der Waals surface area (Å²) in [4.78, 5) is 12.4. The zero-order chi connectivity index (χ0) is 15.9. The number of anilines is 1. The standard InChI is InChI=1S/C17H20N4OS/c18-6-1-7-19-15-4-2-14(3-5-15)12-16-13-20-17(23-16)21-8-10-22-11-9-21/h1-7,13H,8-12,18H2. The maximum Gasteiger partial charge on any atom is 0.185 e. The number of allylic oxidation sites excluding steroid dienone is 1. The molecule has 23 heavy (non-hydrogen) atoms. The summed E-state index contributed by atoms with van der Waals surface area (Å²) < 4.78 is 5.38. The van der Waals surface area contributed by atoms with Crippen LogP contribution in [0.5, 0.6) is 0 Å². The van der Waals surface area contributed by atoms with Crippen LogP contribution in [0.2, 0.25) is 0 Å². The molecule has 5 nitrogen and oxygen atoms in total. The monoisotopic (exact) mass is 328 g/mol. The fourth-order valence-corrected chi connectivity index (χ4v) is 3.36. The van der Waals surface area contributed by atoms with Crippen LogP contribution in [0.4, 0.5) is 10.8 Å². The number of aromatic nitrogens is 1. The van der Waals surface area contributed by atoms with Gasteiger partial charge < -0.3 is 15.4 Å². The highest BCUT2D eigenvalue weighted by Crippen LogP contribution is 2.25. The minimum Gasteiger partial charge on any atom is -0.405 e. The Morgan fingerprint density at radius 3 is 2.78 bits per heavy atom.